The van der Waals surface area contributed by atoms with Crippen molar-refractivity contribution in [3.63, 3.8) is 0 Å². The summed E-state index contributed by atoms with van der Waals surface area (Å²) in [6.45, 7) is 4.27. The van der Waals surface area contributed by atoms with Crippen LogP contribution in [0.4, 0.5) is 0 Å². The van der Waals surface area contributed by atoms with Crippen LogP contribution in [0.25, 0.3) is 0 Å². The fourth-order valence-corrected chi connectivity index (χ4v) is 2.94. The molecule has 0 spiro atoms. The summed E-state index contributed by atoms with van der Waals surface area (Å²) in [5, 5.41) is 15.7. The number of hydrogen-bond acceptors (Lipinski definition) is 5. The molecule has 5 nitrogen and oxygen atoms in total. The van der Waals surface area contributed by atoms with Gasteiger partial charge in [0, 0.05) is 18.8 Å². The third-order valence-electron chi connectivity index (χ3n) is 3.12. The number of nitrogens with zero attached hydrogens (tertiary/aromatic N) is 4. The van der Waals surface area contributed by atoms with Crippen LogP contribution in [0.15, 0.2) is 23.4 Å². The lowest BCUT2D eigenvalue weighted by Gasteiger charge is -2.18. The summed E-state index contributed by atoms with van der Waals surface area (Å²) in [4.78, 5) is 0. The van der Waals surface area contributed by atoms with Crippen LogP contribution in [0.3, 0.4) is 0 Å². The summed E-state index contributed by atoms with van der Waals surface area (Å²) in [5.41, 5.74) is 3.93. The molecule has 0 saturated carbocycles. The van der Waals surface area contributed by atoms with Crippen LogP contribution < -0.4 is 5.32 Å². The fraction of sp³-hybridized carbons (Fsp3) is 0.462. The summed E-state index contributed by atoms with van der Waals surface area (Å²) < 4.78 is 1.69. The van der Waals surface area contributed by atoms with Gasteiger partial charge in [-0.05, 0) is 42.4 Å². The van der Waals surface area contributed by atoms with Gasteiger partial charge in [-0.2, -0.15) is 0 Å². The van der Waals surface area contributed by atoms with Gasteiger partial charge in [0.1, 0.15) is 0 Å². The number of nitrogens with one attached hydrogen (secondary N) is 1. The van der Waals surface area contributed by atoms with Crippen LogP contribution in [-0.2, 0) is 7.05 Å². The van der Waals surface area contributed by atoms with Crippen molar-refractivity contribution in [1.82, 2.24) is 25.5 Å². The highest BCUT2D eigenvalue weighted by molar-refractivity contribution is 7.99. The molecule has 1 heterocycles. The van der Waals surface area contributed by atoms with E-state index < -0.39 is 0 Å². The van der Waals surface area contributed by atoms with Crippen molar-refractivity contribution < 1.29 is 0 Å². The zero-order chi connectivity index (χ0) is 13.8. The molecule has 0 saturated heterocycles. The zero-order valence-corrected chi connectivity index (χ0v) is 12.5. The molecule has 0 amide bonds. The lowest BCUT2D eigenvalue weighted by atomic mass is 10.0. The van der Waals surface area contributed by atoms with Crippen LogP contribution in [0.5, 0.6) is 0 Å². The average Bonchev–Trinajstić information content (AvgIpc) is 2.80. The van der Waals surface area contributed by atoms with Crippen molar-refractivity contribution in [3.05, 3.63) is 34.9 Å². The van der Waals surface area contributed by atoms with Crippen LogP contribution in [-0.4, -0.2) is 33.0 Å². The van der Waals surface area contributed by atoms with Crippen molar-refractivity contribution in [2.75, 3.05) is 12.8 Å². The Hall–Kier alpha value is -1.40. The van der Waals surface area contributed by atoms with Gasteiger partial charge in [0.15, 0.2) is 0 Å². The molecule has 0 aliphatic carbocycles. The van der Waals surface area contributed by atoms with Gasteiger partial charge in [0.25, 0.3) is 0 Å². The van der Waals surface area contributed by atoms with Gasteiger partial charge < -0.3 is 5.32 Å². The van der Waals surface area contributed by atoms with E-state index in [1.54, 1.807) is 16.4 Å². The lowest BCUT2D eigenvalue weighted by molar-refractivity contribution is 0.646. The molecule has 19 heavy (non-hydrogen) atoms. The van der Waals surface area contributed by atoms with Gasteiger partial charge in [-0.15, -0.1) is 5.10 Å². The van der Waals surface area contributed by atoms with Crippen molar-refractivity contribution in [2.45, 2.75) is 25.0 Å². The highest BCUT2D eigenvalue weighted by atomic mass is 32.2. The minimum absolute atomic E-state index is 0.293. The van der Waals surface area contributed by atoms with Crippen molar-refractivity contribution in [1.29, 1.82) is 0 Å². The maximum atomic E-state index is 3.99. The maximum absolute atomic E-state index is 3.99. The van der Waals surface area contributed by atoms with E-state index in [-0.39, 0.29) is 0 Å². The summed E-state index contributed by atoms with van der Waals surface area (Å²) in [6, 6.07) is 6.85. The maximum Gasteiger partial charge on any atom is 0.209 e. The third-order valence-corrected chi connectivity index (χ3v) is 4.22. The van der Waals surface area contributed by atoms with E-state index in [2.05, 4.69) is 52.9 Å². The number of tetrazole rings is 1. The summed E-state index contributed by atoms with van der Waals surface area (Å²) in [6.07, 6.45) is 0. The molecule has 1 N–H and O–H groups in total. The Balaban J connectivity index is 2.12. The minimum atomic E-state index is 0.293. The van der Waals surface area contributed by atoms with Crippen molar-refractivity contribution in [2.24, 2.45) is 7.05 Å². The van der Waals surface area contributed by atoms with Crippen LogP contribution in [0.2, 0.25) is 0 Å². The van der Waals surface area contributed by atoms with E-state index in [4.69, 9.17) is 0 Å². The number of thioether (sulfide) groups is 1. The number of hydrogen-bond donors (Lipinski definition) is 1. The van der Waals surface area contributed by atoms with Gasteiger partial charge in [0.05, 0.1) is 0 Å². The number of rotatable bonds is 5. The van der Waals surface area contributed by atoms with Gasteiger partial charge in [0.2, 0.25) is 5.16 Å². The summed E-state index contributed by atoms with van der Waals surface area (Å²) in [7, 11) is 3.84. The molecule has 1 unspecified atom stereocenters. The topological polar surface area (TPSA) is 55.6 Å². The molecule has 0 fully saturated rings. The smallest absolute Gasteiger partial charge is 0.209 e. The Kier molecular flexibility index (Phi) is 4.55. The Bertz CT molecular complexity index is 552. The normalized spacial score (nSPS) is 12.6. The third kappa shape index (κ3) is 3.33. The zero-order valence-electron chi connectivity index (χ0n) is 11.7. The molecule has 1 aromatic carbocycles. The Morgan fingerprint density at radius 1 is 1.37 bits per heavy atom. The predicted molar refractivity (Wildman–Crippen MR) is 77.2 cm³/mol. The van der Waals surface area contributed by atoms with E-state index in [1.165, 1.54) is 16.7 Å². The second-order valence-corrected chi connectivity index (χ2v) is 5.58. The second-order valence-electron chi connectivity index (χ2n) is 4.60. The second kappa shape index (κ2) is 6.16. The van der Waals surface area contributed by atoms with Crippen molar-refractivity contribution in [3.8, 4) is 0 Å². The molecule has 1 atom stereocenters. The highest BCUT2D eigenvalue weighted by Crippen LogP contribution is 2.25. The van der Waals surface area contributed by atoms with Gasteiger partial charge >= 0.3 is 0 Å². The molecular formula is C13H19N5S. The quantitative estimate of drug-likeness (QED) is 0.846. The standard InChI is InChI=1S/C13H19N5S/c1-9-5-6-10(2)11(7-9)12(14-3)8-19-13-15-16-17-18(13)4/h5-7,12,14H,8H2,1-4H3. The minimum Gasteiger partial charge on any atom is -0.312 e. The van der Waals surface area contributed by atoms with Crippen LogP contribution in [0, 0.1) is 13.8 Å². The van der Waals surface area contributed by atoms with E-state index in [0.717, 1.165) is 10.9 Å². The summed E-state index contributed by atoms with van der Waals surface area (Å²) >= 11 is 1.66. The van der Waals surface area contributed by atoms with Crippen molar-refractivity contribution >= 4 is 11.8 Å². The first-order chi connectivity index (χ1) is 9.11. The largest absolute Gasteiger partial charge is 0.312 e. The number of aromatic nitrogens is 4. The SMILES string of the molecule is CNC(CSc1nnnn1C)c1cc(C)ccc1C. The highest BCUT2D eigenvalue weighted by Gasteiger charge is 2.14. The Morgan fingerprint density at radius 2 is 2.16 bits per heavy atom. The molecule has 0 aliphatic heterocycles. The molecular weight excluding hydrogens is 258 g/mol. The van der Waals surface area contributed by atoms with Crippen LogP contribution >= 0.6 is 11.8 Å². The first-order valence-corrected chi connectivity index (χ1v) is 7.20. The molecule has 0 bridgehead atoms. The summed E-state index contributed by atoms with van der Waals surface area (Å²) in [5.74, 6) is 0.898. The lowest BCUT2D eigenvalue weighted by Crippen LogP contribution is -2.20. The first kappa shape index (κ1) is 14.0. The first-order valence-electron chi connectivity index (χ1n) is 6.21. The molecule has 1 aromatic heterocycles. The van der Waals surface area contributed by atoms with E-state index in [0.29, 0.717) is 6.04 Å². The molecule has 2 rings (SSSR count). The fourth-order valence-electron chi connectivity index (χ4n) is 1.97. The van der Waals surface area contributed by atoms with Gasteiger partial charge in [-0.3, -0.25) is 0 Å². The van der Waals surface area contributed by atoms with Gasteiger partial charge in [-0.25, -0.2) is 4.68 Å². The number of benzene rings is 1. The van der Waals surface area contributed by atoms with E-state index in [9.17, 15) is 0 Å². The Labute approximate surface area is 117 Å². The Morgan fingerprint density at radius 3 is 2.79 bits per heavy atom. The van der Waals surface area contributed by atoms with E-state index in [1.807, 2.05) is 14.1 Å². The monoisotopic (exact) mass is 277 g/mol. The average molecular weight is 277 g/mol. The molecule has 0 aliphatic rings. The predicted octanol–water partition coefficient (Wildman–Crippen LogP) is 1.88. The van der Waals surface area contributed by atoms with Crippen LogP contribution in [0.1, 0.15) is 22.7 Å². The number of aryl methyl sites for hydroxylation is 3. The molecule has 102 valence electrons. The molecule has 6 heteroatoms. The molecule has 0 radical (unpaired) electrons. The van der Waals surface area contributed by atoms with E-state index >= 15 is 0 Å². The molecule has 2 aromatic rings. The van der Waals surface area contributed by atoms with Gasteiger partial charge in [-0.1, -0.05) is 35.5 Å².